The number of carbonyl (C=O) groups excluding carboxylic acids is 9. The van der Waals surface area contributed by atoms with Crippen molar-refractivity contribution < 1.29 is 58.2 Å². The molecule has 0 aliphatic carbocycles. The van der Waals surface area contributed by atoms with Crippen molar-refractivity contribution in [3.05, 3.63) is 0 Å². The van der Waals surface area contributed by atoms with Gasteiger partial charge >= 0.3 is 5.97 Å². The van der Waals surface area contributed by atoms with Gasteiger partial charge in [0.1, 0.15) is 48.3 Å². The molecule has 9 amide bonds. The van der Waals surface area contributed by atoms with Gasteiger partial charge in [0.2, 0.25) is 53.2 Å². The van der Waals surface area contributed by atoms with E-state index >= 15 is 0 Å². The normalized spacial score (nSPS) is 18.1. The minimum absolute atomic E-state index is 0.0552. The number of carboxylic acid groups (broad SMARTS) is 1. The zero-order valence-electron chi connectivity index (χ0n) is 42.8. The first kappa shape index (κ1) is 61.6. The van der Waals surface area contributed by atoms with Crippen LogP contribution in [0.3, 0.4) is 0 Å². The summed E-state index contributed by atoms with van der Waals surface area (Å²) in [6.07, 6.45) is 1.35. The van der Waals surface area contributed by atoms with E-state index in [1.165, 1.54) is 4.90 Å². The van der Waals surface area contributed by atoms with Gasteiger partial charge in [-0.05, 0) is 67.6 Å². The van der Waals surface area contributed by atoms with Gasteiger partial charge in [0.25, 0.3) is 0 Å². The van der Waals surface area contributed by atoms with Gasteiger partial charge in [-0.15, -0.1) is 0 Å². The molecule has 0 unspecified atom stereocenters. The highest BCUT2D eigenvalue weighted by molar-refractivity contribution is 5.99. The second-order valence-corrected chi connectivity index (χ2v) is 20.1. The topological polar surface area (TPSA) is 351 Å². The lowest BCUT2D eigenvalue weighted by Gasteiger charge is -2.32. The predicted molar refractivity (Wildman–Crippen MR) is 257 cm³/mol. The molecule has 0 bridgehead atoms. The molecular weight excluding hydrogens is 897 g/mol. The number of carboxylic acids is 1. The predicted octanol–water partition coefficient (Wildman–Crippen LogP) is -0.463. The Morgan fingerprint density at radius 1 is 0.565 bits per heavy atom. The fourth-order valence-electron chi connectivity index (χ4n) is 7.78. The van der Waals surface area contributed by atoms with E-state index in [0.29, 0.717) is 19.3 Å². The number of nitrogens with one attached hydrogen (secondary N) is 7. The first-order valence-electron chi connectivity index (χ1n) is 24.4. The number of aliphatic carboxylic acids is 1. The van der Waals surface area contributed by atoms with Crippen LogP contribution in [0.1, 0.15) is 134 Å². The zero-order chi connectivity index (χ0) is 53.0. The number of hydrogen-bond donors (Lipinski definition) is 11. The van der Waals surface area contributed by atoms with Crippen LogP contribution in [0.2, 0.25) is 0 Å². The molecule has 0 aromatic rings. The third-order valence-corrected chi connectivity index (χ3v) is 12.3. The van der Waals surface area contributed by atoms with E-state index in [1.807, 2.05) is 41.5 Å². The SMILES string of the molecule is CC[C@H](C)[C@H](N)C(=O)N[C@@H](CC(C)C)C(=O)N[C@H](C(=O)N[C@@H](CC(N)=O)C(=O)N[C@@H](CO)C(=O)N[C@@H](CC(C)C)C(=O)N1CCC[C@H]1C(=O)N[C@@H](CC(C)C)C(=O)N[C@H](C(=O)O)C(C)C)[C@@H](C)CC. The number of primary amides is 1. The molecule has 0 radical (unpaired) electrons. The van der Waals surface area contributed by atoms with E-state index in [9.17, 15) is 58.2 Å². The van der Waals surface area contributed by atoms with Crippen LogP contribution in [0, 0.1) is 35.5 Å². The Hall–Kier alpha value is -5.38. The second-order valence-electron chi connectivity index (χ2n) is 20.1. The van der Waals surface area contributed by atoms with Gasteiger partial charge in [-0.25, -0.2) is 4.79 Å². The van der Waals surface area contributed by atoms with E-state index in [-0.39, 0.29) is 55.9 Å². The summed E-state index contributed by atoms with van der Waals surface area (Å²) in [6, 6.07) is -11.3. The fourth-order valence-corrected chi connectivity index (χ4v) is 7.78. The van der Waals surface area contributed by atoms with Crippen molar-refractivity contribution in [1.29, 1.82) is 0 Å². The second kappa shape index (κ2) is 29.6. The molecule has 1 aliphatic rings. The lowest BCUT2D eigenvalue weighted by molar-refractivity contribution is -0.144. The molecule has 13 N–H and O–H groups in total. The molecule has 22 heteroatoms. The number of carbonyl (C=O) groups is 10. The first-order valence-corrected chi connectivity index (χ1v) is 24.4. The molecule has 1 saturated heterocycles. The average molecular weight is 981 g/mol. The molecule has 394 valence electrons. The molecule has 69 heavy (non-hydrogen) atoms. The maximum atomic E-state index is 14.2. The van der Waals surface area contributed by atoms with Crippen molar-refractivity contribution in [3.63, 3.8) is 0 Å². The fraction of sp³-hybridized carbons (Fsp3) is 0.787. The number of amides is 9. The van der Waals surface area contributed by atoms with E-state index in [1.54, 1.807) is 41.5 Å². The smallest absolute Gasteiger partial charge is 0.326 e. The first-order chi connectivity index (χ1) is 32.1. The Balaban J connectivity index is 3.34. The summed E-state index contributed by atoms with van der Waals surface area (Å²) >= 11 is 0. The van der Waals surface area contributed by atoms with E-state index in [2.05, 4.69) is 37.2 Å². The Morgan fingerprint density at radius 2 is 1.00 bits per heavy atom. The monoisotopic (exact) mass is 981 g/mol. The summed E-state index contributed by atoms with van der Waals surface area (Å²) in [5, 5.41) is 37.9. The third-order valence-electron chi connectivity index (χ3n) is 12.3. The van der Waals surface area contributed by atoms with Crippen molar-refractivity contribution in [3.8, 4) is 0 Å². The summed E-state index contributed by atoms with van der Waals surface area (Å²) in [5.41, 5.74) is 11.6. The highest BCUT2D eigenvalue weighted by Gasteiger charge is 2.41. The van der Waals surface area contributed by atoms with Crippen LogP contribution in [-0.2, 0) is 47.9 Å². The zero-order valence-corrected chi connectivity index (χ0v) is 42.8. The number of nitrogens with zero attached hydrogens (tertiary/aromatic N) is 1. The van der Waals surface area contributed by atoms with E-state index < -0.39 is 138 Å². The van der Waals surface area contributed by atoms with Crippen LogP contribution in [0.25, 0.3) is 0 Å². The number of likely N-dealkylation sites (tertiary alicyclic amines) is 1. The van der Waals surface area contributed by atoms with Crippen LogP contribution in [0.5, 0.6) is 0 Å². The molecule has 1 fully saturated rings. The number of aliphatic hydroxyl groups excluding tert-OH is 1. The van der Waals surface area contributed by atoms with Crippen molar-refractivity contribution in [2.24, 2.45) is 47.0 Å². The Labute approximate surface area is 407 Å². The van der Waals surface area contributed by atoms with Crippen LogP contribution >= 0.6 is 0 Å². The number of rotatable bonds is 30. The van der Waals surface area contributed by atoms with Crippen molar-refractivity contribution in [1.82, 2.24) is 42.1 Å². The molecule has 1 heterocycles. The maximum absolute atomic E-state index is 14.2. The average Bonchev–Trinajstić information content (AvgIpc) is 3.76. The lowest BCUT2D eigenvalue weighted by atomic mass is 9.95. The Bertz CT molecular complexity index is 1780. The van der Waals surface area contributed by atoms with Gasteiger partial charge in [0.15, 0.2) is 0 Å². The van der Waals surface area contributed by atoms with E-state index in [0.717, 1.165) is 0 Å². The summed E-state index contributed by atoms with van der Waals surface area (Å²) in [7, 11) is 0. The molecule has 1 rings (SSSR count). The van der Waals surface area contributed by atoms with Crippen molar-refractivity contribution >= 4 is 59.1 Å². The maximum Gasteiger partial charge on any atom is 0.326 e. The highest BCUT2D eigenvalue weighted by Crippen LogP contribution is 2.22. The molecule has 0 aromatic carbocycles. The molecule has 0 spiro atoms. The lowest BCUT2D eigenvalue weighted by Crippen LogP contribution is -2.62. The largest absolute Gasteiger partial charge is 0.480 e. The van der Waals surface area contributed by atoms with Crippen molar-refractivity contribution in [2.75, 3.05) is 13.2 Å². The minimum atomic E-state index is -1.71. The van der Waals surface area contributed by atoms with Gasteiger partial charge in [0, 0.05) is 6.54 Å². The summed E-state index contributed by atoms with van der Waals surface area (Å²) in [4.78, 5) is 135. The summed E-state index contributed by atoms with van der Waals surface area (Å²) in [6.45, 7) is 20.5. The van der Waals surface area contributed by atoms with Gasteiger partial charge in [-0.3, -0.25) is 43.2 Å². The molecular formula is C47H84N10O12. The Kier molecular flexibility index (Phi) is 26.4. The van der Waals surface area contributed by atoms with Gasteiger partial charge in [-0.2, -0.15) is 0 Å². The highest BCUT2D eigenvalue weighted by atomic mass is 16.4. The summed E-state index contributed by atoms with van der Waals surface area (Å²) < 4.78 is 0. The van der Waals surface area contributed by atoms with Gasteiger partial charge in [0.05, 0.1) is 19.1 Å². The summed E-state index contributed by atoms with van der Waals surface area (Å²) in [5.74, 6) is -9.87. The number of nitrogens with two attached hydrogens (primary N) is 2. The number of aliphatic hydroxyl groups is 1. The van der Waals surface area contributed by atoms with Crippen LogP contribution in [0.4, 0.5) is 0 Å². The quantitative estimate of drug-likeness (QED) is 0.0435. The van der Waals surface area contributed by atoms with Crippen LogP contribution < -0.4 is 48.7 Å². The standard InChI is InChI=1S/C47H84N10O12/c1-13-27(11)36(49)44(65)51-30(19-24(5)6)41(62)56-38(28(12)14-2)45(66)52-31(21-35(48)59)39(60)54-33(22-58)42(63)53-32(20-25(7)8)46(67)57-17-15-16-34(57)43(64)50-29(18-23(3)4)40(61)55-37(26(9)10)47(68)69/h23-34,36-38,58H,13-22,49H2,1-12H3,(H2,48,59)(H,50,64)(H,51,65)(H,52,66)(H,53,63)(H,54,60)(H,55,61)(H,56,62)(H,68,69)/t27-,28-,29-,30-,31-,32-,33-,34-,36-,37-,38-/m0/s1. The van der Waals surface area contributed by atoms with E-state index in [4.69, 9.17) is 11.5 Å². The van der Waals surface area contributed by atoms with Gasteiger partial charge < -0.3 is 63.8 Å². The molecule has 22 nitrogen and oxygen atoms in total. The Morgan fingerprint density at radius 3 is 1.46 bits per heavy atom. The number of hydrogen-bond acceptors (Lipinski definition) is 12. The molecule has 0 saturated carbocycles. The van der Waals surface area contributed by atoms with Crippen LogP contribution in [0.15, 0.2) is 0 Å². The molecule has 11 atom stereocenters. The molecule has 0 aromatic heterocycles. The van der Waals surface area contributed by atoms with Crippen LogP contribution in [-0.4, -0.2) is 142 Å². The van der Waals surface area contributed by atoms with Crippen molar-refractivity contribution in [2.45, 2.75) is 189 Å². The minimum Gasteiger partial charge on any atom is -0.480 e. The third kappa shape index (κ3) is 20.2. The molecule has 1 aliphatic heterocycles. The van der Waals surface area contributed by atoms with Gasteiger partial charge in [-0.1, -0.05) is 95.9 Å².